The first-order valence-electron chi connectivity index (χ1n) is 10.5. The molecule has 156 valence electrons. The molecule has 0 bridgehead atoms. The van der Waals surface area contributed by atoms with E-state index in [2.05, 4.69) is 39.0 Å². The summed E-state index contributed by atoms with van der Waals surface area (Å²) in [6.45, 7) is 8.22. The molecule has 6 nitrogen and oxygen atoms in total. The van der Waals surface area contributed by atoms with Gasteiger partial charge in [0.2, 0.25) is 0 Å². The maximum atomic E-state index is 12.3. The number of H-pyrrole nitrogens is 1. The summed E-state index contributed by atoms with van der Waals surface area (Å²) in [5.41, 5.74) is 3.72. The number of likely N-dealkylation sites (tertiary alicyclic amines) is 1. The van der Waals surface area contributed by atoms with Crippen LogP contribution in [0.5, 0.6) is 0 Å². The first-order chi connectivity index (χ1) is 14.3. The molecule has 30 heavy (non-hydrogen) atoms. The van der Waals surface area contributed by atoms with E-state index in [1.807, 2.05) is 25.1 Å². The molecule has 3 heterocycles. The normalized spacial score (nSPS) is 17.3. The van der Waals surface area contributed by atoms with Crippen LogP contribution in [0.25, 0.3) is 5.65 Å². The lowest BCUT2D eigenvalue weighted by molar-refractivity contribution is 0.143. The van der Waals surface area contributed by atoms with E-state index in [-0.39, 0.29) is 5.56 Å². The second kappa shape index (κ2) is 8.10. The number of fused-ring (bicyclic) bond motifs is 1. The Bertz CT molecular complexity index is 1160. The molecular formula is C24H28N4O2. The molecule has 6 heteroatoms. The van der Waals surface area contributed by atoms with Crippen molar-refractivity contribution in [3.63, 3.8) is 0 Å². The summed E-state index contributed by atoms with van der Waals surface area (Å²) in [5.74, 6) is 6.22. The van der Waals surface area contributed by atoms with E-state index in [1.54, 1.807) is 24.4 Å². The van der Waals surface area contributed by atoms with E-state index >= 15 is 0 Å². The highest BCUT2D eigenvalue weighted by atomic mass is 16.3. The number of aryl methyl sites for hydroxylation is 1. The number of hydrogen-bond donors (Lipinski definition) is 2. The van der Waals surface area contributed by atoms with Gasteiger partial charge in [-0.25, -0.2) is 9.50 Å². The predicted molar refractivity (Wildman–Crippen MR) is 117 cm³/mol. The van der Waals surface area contributed by atoms with Crippen LogP contribution in [0.2, 0.25) is 0 Å². The van der Waals surface area contributed by atoms with Gasteiger partial charge in [-0.3, -0.25) is 14.8 Å². The van der Waals surface area contributed by atoms with Crippen molar-refractivity contribution in [3.05, 3.63) is 69.3 Å². The second-order valence-electron chi connectivity index (χ2n) is 8.57. The van der Waals surface area contributed by atoms with Gasteiger partial charge in [0, 0.05) is 48.1 Å². The smallest absolute Gasteiger partial charge is 0.272 e. The summed E-state index contributed by atoms with van der Waals surface area (Å²) >= 11 is 0. The minimum Gasteiger partial charge on any atom is -0.378 e. The second-order valence-corrected chi connectivity index (χ2v) is 8.57. The highest BCUT2D eigenvalue weighted by molar-refractivity contribution is 5.41. The number of rotatable bonds is 4. The van der Waals surface area contributed by atoms with Crippen LogP contribution in [0.15, 0.2) is 41.2 Å². The highest BCUT2D eigenvalue weighted by Crippen LogP contribution is 2.27. The highest BCUT2D eigenvalue weighted by Gasteiger charge is 2.25. The SMILES string of the molecule is CCc1cc(=O)n2[nH]c([C@@H]3CCN(Cc4ccc(C#CC(C)(C)O)cc4)C3)cc2n1. The maximum absolute atomic E-state index is 12.3. The Labute approximate surface area is 176 Å². The van der Waals surface area contributed by atoms with Crippen molar-refractivity contribution < 1.29 is 5.11 Å². The predicted octanol–water partition coefficient (Wildman–Crippen LogP) is 2.70. The number of aliphatic hydroxyl groups is 1. The fourth-order valence-corrected chi connectivity index (χ4v) is 3.86. The first kappa shape index (κ1) is 20.4. The molecule has 3 aromatic rings. The zero-order chi connectivity index (χ0) is 21.3. The molecule has 1 aromatic carbocycles. The molecule has 1 fully saturated rings. The van der Waals surface area contributed by atoms with Gasteiger partial charge < -0.3 is 5.11 Å². The van der Waals surface area contributed by atoms with Gasteiger partial charge in [0.25, 0.3) is 5.56 Å². The molecule has 1 saturated heterocycles. The minimum atomic E-state index is -0.982. The zero-order valence-corrected chi connectivity index (χ0v) is 17.8. The quantitative estimate of drug-likeness (QED) is 0.656. The van der Waals surface area contributed by atoms with Gasteiger partial charge in [-0.15, -0.1) is 0 Å². The van der Waals surface area contributed by atoms with Gasteiger partial charge in [-0.1, -0.05) is 30.9 Å². The summed E-state index contributed by atoms with van der Waals surface area (Å²) < 4.78 is 1.55. The van der Waals surface area contributed by atoms with Gasteiger partial charge in [0.15, 0.2) is 5.65 Å². The molecule has 0 aliphatic carbocycles. The molecule has 0 radical (unpaired) electrons. The van der Waals surface area contributed by atoms with Crippen LogP contribution in [0.4, 0.5) is 0 Å². The lowest BCUT2D eigenvalue weighted by atomic mass is 10.1. The van der Waals surface area contributed by atoms with Crippen molar-refractivity contribution in [2.24, 2.45) is 0 Å². The van der Waals surface area contributed by atoms with Crippen LogP contribution >= 0.6 is 0 Å². The third-order valence-corrected chi connectivity index (χ3v) is 5.47. The molecule has 1 atom stereocenters. The lowest BCUT2D eigenvalue weighted by Gasteiger charge is -2.15. The van der Waals surface area contributed by atoms with Gasteiger partial charge in [-0.05, 0) is 50.9 Å². The monoisotopic (exact) mass is 404 g/mol. The molecule has 0 spiro atoms. The lowest BCUT2D eigenvalue weighted by Crippen LogP contribution is -2.20. The standard InChI is InChI=1S/C24H28N4O2/c1-4-20-13-23(29)28-22(25-20)14-21(26-28)19-10-12-27(16-19)15-18-7-5-17(6-8-18)9-11-24(2,3)30/h5-8,13-14,19,26,30H,4,10,12,15-16H2,1-3H3/t19-/m1/s1. The van der Waals surface area contributed by atoms with Crippen LogP contribution in [0, 0.1) is 11.8 Å². The molecule has 0 unspecified atom stereocenters. The average molecular weight is 405 g/mol. The zero-order valence-electron chi connectivity index (χ0n) is 17.8. The average Bonchev–Trinajstić information content (AvgIpc) is 3.34. The first-order valence-corrected chi connectivity index (χ1v) is 10.5. The van der Waals surface area contributed by atoms with Crippen LogP contribution in [0.1, 0.15) is 55.6 Å². The van der Waals surface area contributed by atoms with Gasteiger partial charge >= 0.3 is 0 Å². The van der Waals surface area contributed by atoms with Crippen LogP contribution in [-0.2, 0) is 13.0 Å². The number of nitrogens with zero attached hydrogens (tertiary/aromatic N) is 3. The van der Waals surface area contributed by atoms with E-state index in [4.69, 9.17) is 0 Å². The van der Waals surface area contributed by atoms with Crippen molar-refractivity contribution in [2.75, 3.05) is 13.1 Å². The maximum Gasteiger partial charge on any atom is 0.272 e. The molecule has 4 rings (SSSR count). The minimum absolute atomic E-state index is 0.0503. The molecule has 1 aliphatic rings. The summed E-state index contributed by atoms with van der Waals surface area (Å²) in [4.78, 5) is 19.3. The third kappa shape index (κ3) is 4.64. The summed E-state index contributed by atoms with van der Waals surface area (Å²) in [7, 11) is 0. The van der Waals surface area contributed by atoms with E-state index in [0.717, 1.165) is 49.4 Å². The van der Waals surface area contributed by atoms with Gasteiger partial charge in [-0.2, -0.15) is 0 Å². The van der Waals surface area contributed by atoms with E-state index in [9.17, 15) is 9.90 Å². The Balaban J connectivity index is 1.42. The summed E-state index contributed by atoms with van der Waals surface area (Å²) in [6.07, 6.45) is 1.81. The van der Waals surface area contributed by atoms with Crippen LogP contribution in [-0.4, -0.2) is 43.3 Å². The van der Waals surface area contributed by atoms with Gasteiger partial charge in [0.1, 0.15) is 5.60 Å². The van der Waals surface area contributed by atoms with Crippen molar-refractivity contribution in [1.29, 1.82) is 0 Å². The van der Waals surface area contributed by atoms with Crippen molar-refractivity contribution >= 4 is 5.65 Å². The largest absolute Gasteiger partial charge is 0.378 e. The molecule has 1 aliphatic heterocycles. The molecular weight excluding hydrogens is 376 g/mol. The van der Waals surface area contributed by atoms with E-state index < -0.39 is 5.60 Å². The Morgan fingerprint density at radius 2 is 2.03 bits per heavy atom. The van der Waals surface area contributed by atoms with Crippen LogP contribution in [0.3, 0.4) is 0 Å². The number of aromatic amines is 1. The topological polar surface area (TPSA) is 73.6 Å². The Morgan fingerprint density at radius 3 is 2.73 bits per heavy atom. The summed E-state index contributed by atoms with van der Waals surface area (Å²) in [6, 6.07) is 11.8. The molecule has 0 saturated carbocycles. The van der Waals surface area contributed by atoms with Crippen LogP contribution < -0.4 is 5.56 Å². The summed E-state index contributed by atoms with van der Waals surface area (Å²) in [5, 5.41) is 13.0. The molecule has 2 N–H and O–H groups in total. The number of nitrogens with one attached hydrogen (secondary N) is 1. The van der Waals surface area contributed by atoms with Crippen molar-refractivity contribution in [2.45, 2.75) is 51.7 Å². The fourth-order valence-electron chi connectivity index (χ4n) is 3.86. The number of benzene rings is 1. The Kier molecular flexibility index (Phi) is 5.50. The van der Waals surface area contributed by atoms with Crippen molar-refractivity contribution in [3.8, 4) is 11.8 Å². The number of hydrogen-bond acceptors (Lipinski definition) is 4. The number of aromatic nitrogens is 3. The molecule has 0 amide bonds. The Morgan fingerprint density at radius 1 is 1.27 bits per heavy atom. The molecule has 2 aromatic heterocycles. The fraction of sp³-hybridized carbons (Fsp3) is 0.417. The van der Waals surface area contributed by atoms with Crippen molar-refractivity contribution in [1.82, 2.24) is 19.5 Å². The third-order valence-electron chi connectivity index (χ3n) is 5.47. The van der Waals surface area contributed by atoms with E-state index in [1.165, 1.54) is 5.56 Å². The Hall–Kier alpha value is -2.88. The van der Waals surface area contributed by atoms with E-state index in [0.29, 0.717) is 11.6 Å². The van der Waals surface area contributed by atoms with Gasteiger partial charge in [0.05, 0.1) is 0 Å².